The van der Waals surface area contributed by atoms with Gasteiger partial charge in [0, 0.05) is 50.8 Å². The molecule has 0 aromatic carbocycles. The van der Waals surface area contributed by atoms with Gasteiger partial charge in [-0.25, -0.2) is 14.2 Å². The van der Waals surface area contributed by atoms with Crippen LogP contribution in [0.3, 0.4) is 0 Å². The molecule has 2 amide bonds. The molecule has 3 heterocycles. The summed E-state index contributed by atoms with van der Waals surface area (Å²) in [6.45, 7) is 9.45. The Morgan fingerprint density at radius 3 is 2.73 bits per heavy atom. The monoisotopic (exact) mass is 518 g/mol. The number of aryl methyl sites for hydroxylation is 1. The number of pyridine rings is 1. The number of methoxy groups -OCH3 is 1. The number of aromatic nitrogens is 2. The number of amides is 2. The van der Waals surface area contributed by atoms with Crippen molar-refractivity contribution in [3.63, 3.8) is 0 Å². The quantitative estimate of drug-likeness (QED) is 0.461. The van der Waals surface area contributed by atoms with Crippen molar-refractivity contribution in [3.05, 3.63) is 29.8 Å². The van der Waals surface area contributed by atoms with Gasteiger partial charge in [-0.2, -0.15) is 0 Å². The summed E-state index contributed by atoms with van der Waals surface area (Å²) in [5.41, 5.74) is 0.680. The number of rotatable bonds is 9. The van der Waals surface area contributed by atoms with Crippen molar-refractivity contribution in [1.29, 1.82) is 0 Å². The molecule has 0 radical (unpaired) electrons. The van der Waals surface area contributed by atoms with Gasteiger partial charge in [0.1, 0.15) is 17.1 Å². The Balaban J connectivity index is 1.57. The molecule has 10 heteroatoms. The van der Waals surface area contributed by atoms with Crippen LogP contribution < -0.4 is 0 Å². The molecule has 204 valence electrons. The summed E-state index contributed by atoms with van der Waals surface area (Å²) in [5.74, 6) is -0.538. The van der Waals surface area contributed by atoms with Crippen LogP contribution in [0, 0.1) is 5.82 Å². The highest BCUT2D eigenvalue weighted by Crippen LogP contribution is 2.38. The molecule has 0 bridgehead atoms. The number of hydrogen-bond acceptors (Lipinski definition) is 6. The predicted octanol–water partition coefficient (Wildman–Crippen LogP) is 4.29. The highest BCUT2D eigenvalue weighted by molar-refractivity contribution is 5.86. The first-order valence-corrected chi connectivity index (χ1v) is 13.1. The molecular formula is C27H39FN4O5. The Labute approximate surface area is 217 Å². The molecule has 2 atom stereocenters. The zero-order valence-electron chi connectivity index (χ0n) is 22.5. The Morgan fingerprint density at radius 2 is 2.05 bits per heavy atom. The fraction of sp³-hybridized carbons (Fsp3) is 0.667. The lowest BCUT2D eigenvalue weighted by Crippen LogP contribution is -2.54. The molecular weight excluding hydrogens is 479 g/mol. The maximum absolute atomic E-state index is 15.1. The van der Waals surface area contributed by atoms with Crippen LogP contribution in [0.2, 0.25) is 0 Å². The SMILES string of the molecule is COCCCCn1cc(C(C)N(C(=O)[C@H]2CN(C(=O)OC(C)(C)C)CCO2)C2CC2)c2c(F)ccnc21. The van der Waals surface area contributed by atoms with E-state index in [1.54, 1.807) is 7.11 Å². The number of fused-ring (bicyclic) bond motifs is 1. The topological polar surface area (TPSA) is 86.1 Å². The van der Waals surface area contributed by atoms with E-state index in [0.29, 0.717) is 30.7 Å². The zero-order chi connectivity index (χ0) is 26.7. The van der Waals surface area contributed by atoms with Gasteiger partial charge in [0.05, 0.1) is 24.6 Å². The fourth-order valence-electron chi connectivity index (χ4n) is 4.87. The summed E-state index contributed by atoms with van der Waals surface area (Å²) in [6, 6.07) is 1.03. The molecule has 37 heavy (non-hydrogen) atoms. The second-order valence-electron chi connectivity index (χ2n) is 10.9. The van der Waals surface area contributed by atoms with Gasteiger partial charge in [0.2, 0.25) is 0 Å². The van der Waals surface area contributed by atoms with Crippen molar-refractivity contribution in [2.45, 2.75) is 83.7 Å². The summed E-state index contributed by atoms with van der Waals surface area (Å²) < 4.78 is 33.6. The van der Waals surface area contributed by atoms with Crippen LogP contribution in [0.4, 0.5) is 9.18 Å². The molecule has 1 saturated heterocycles. The maximum Gasteiger partial charge on any atom is 0.410 e. The Bertz CT molecular complexity index is 1110. The Hall–Kier alpha value is -2.72. The number of hydrogen-bond donors (Lipinski definition) is 0. The van der Waals surface area contributed by atoms with Gasteiger partial charge in [0.15, 0.2) is 6.10 Å². The van der Waals surface area contributed by atoms with E-state index in [-0.39, 0.29) is 37.0 Å². The smallest absolute Gasteiger partial charge is 0.410 e. The number of carbonyl (C=O) groups is 2. The number of carbonyl (C=O) groups excluding carboxylic acids is 2. The standard InChI is InChI=1S/C27H39FN4O5/c1-18(20-16-30(12-6-7-14-35-5)24-23(20)21(28)10-11-29-24)32(19-8-9-19)25(33)22-17-31(13-15-36-22)26(34)37-27(2,3)4/h10-11,16,18-19,22H,6-9,12-15,17H2,1-5H3/t18?,22-/m1/s1. The third kappa shape index (κ3) is 6.41. The van der Waals surface area contributed by atoms with E-state index >= 15 is 4.39 Å². The van der Waals surface area contributed by atoms with Crippen LogP contribution >= 0.6 is 0 Å². The molecule has 1 aliphatic heterocycles. The second-order valence-corrected chi connectivity index (χ2v) is 10.9. The molecule has 9 nitrogen and oxygen atoms in total. The van der Waals surface area contributed by atoms with Crippen LogP contribution in [0.15, 0.2) is 18.5 Å². The second kappa shape index (κ2) is 11.3. The van der Waals surface area contributed by atoms with E-state index in [0.717, 1.165) is 31.2 Å². The fourth-order valence-corrected chi connectivity index (χ4v) is 4.87. The number of ether oxygens (including phenoxy) is 3. The third-order valence-electron chi connectivity index (χ3n) is 6.79. The molecule has 1 unspecified atom stereocenters. The van der Waals surface area contributed by atoms with E-state index in [2.05, 4.69) is 4.98 Å². The minimum Gasteiger partial charge on any atom is -0.444 e. The minimum atomic E-state index is -0.797. The Kier molecular flexibility index (Phi) is 8.38. The highest BCUT2D eigenvalue weighted by Gasteiger charge is 2.42. The summed E-state index contributed by atoms with van der Waals surface area (Å²) >= 11 is 0. The molecule has 1 saturated carbocycles. The van der Waals surface area contributed by atoms with Crippen molar-refractivity contribution in [3.8, 4) is 0 Å². The minimum absolute atomic E-state index is 0.0582. The third-order valence-corrected chi connectivity index (χ3v) is 6.79. The molecule has 4 rings (SSSR count). The lowest BCUT2D eigenvalue weighted by Gasteiger charge is -2.37. The Morgan fingerprint density at radius 1 is 1.30 bits per heavy atom. The molecule has 2 aromatic heterocycles. The van der Waals surface area contributed by atoms with E-state index in [1.165, 1.54) is 17.2 Å². The van der Waals surface area contributed by atoms with Crippen molar-refractivity contribution in [2.24, 2.45) is 0 Å². The molecule has 2 fully saturated rings. The van der Waals surface area contributed by atoms with Gasteiger partial charge in [-0.05, 0) is 59.4 Å². The first kappa shape index (κ1) is 27.3. The molecule has 2 aromatic rings. The average Bonchev–Trinajstić information content (AvgIpc) is 3.61. The van der Waals surface area contributed by atoms with Gasteiger partial charge in [-0.1, -0.05) is 0 Å². The van der Waals surface area contributed by atoms with Gasteiger partial charge in [0.25, 0.3) is 5.91 Å². The van der Waals surface area contributed by atoms with Gasteiger partial charge >= 0.3 is 6.09 Å². The lowest BCUT2D eigenvalue weighted by molar-refractivity contribution is -0.151. The van der Waals surface area contributed by atoms with Crippen molar-refractivity contribution in [2.75, 3.05) is 33.4 Å². The van der Waals surface area contributed by atoms with Crippen molar-refractivity contribution >= 4 is 23.0 Å². The lowest BCUT2D eigenvalue weighted by atomic mass is 10.1. The zero-order valence-corrected chi connectivity index (χ0v) is 22.5. The summed E-state index contributed by atoms with van der Waals surface area (Å²) in [4.78, 5) is 34.3. The van der Waals surface area contributed by atoms with Crippen LogP contribution in [0.1, 0.15) is 65.0 Å². The van der Waals surface area contributed by atoms with Crippen LogP contribution in [0.5, 0.6) is 0 Å². The van der Waals surface area contributed by atoms with Gasteiger partial charge < -0.3 is 28.6 Å². The normalized spacial score (nSPS) is 19.2. The van der Waals surface area contributed by atoms with Crippen molar-refractivity contribution < 1.29 is 28.2 Å². The number of halogens is 1. The molecule has 1 aliphatic carbocycles. The van der Waals surface area contributed by atoms with Crippen LogP contribution in [0.25, 0.3) is 11.0 Å². The van der Waals surface area contributed by atoms with Crippen LogP contribution in [-0.4, -0.2) is 82.5 Å². The molecule has 0 spiro atoms. The maximum atomic E-state index is 15.1. The number of nitrogens with zero attached hydrogens (tertiary/aromatic N) is 4. The number of morpholine rings is 1. The van der Waals surface area contributed by atoms with E-state index in [1.807, 2.05) is 43.4 Å². The summed E-state index contributed by atoms with van der Waals surface area (Å²) in [5, 5.41) is 0.445. The average molecular weight is 519 g/mol. The van der Waals surface area contributed by atoms with E-state index in [4.69, 9.17) is 14.2 Å². The number of unbranched alkanes of at least 4 members (excludes halogenated alkanes) is 1. The highest BCUT2D eigenvalue weighted by atomic mass is 19.1. The van der Waals surface area contributed by atoms with Gasteiger partial charge in [-0.3, -0.25) is 4.79 Å². The van der Waals surface area contributed by atoms with E-state index in [9.17, 15) is 9.59 Å². The van der Waals surface area contributed by atoms with Gasteiger partial charge in [-0.15, -0.1) is 0 Å². The van der Waals surface area contributed by atoms with Crippen LogP contribution in [-0.2, 0) is 25.5 Å². The summed E-state index contributed by atoms with van der Waals surface area (Å²) in [7, 11) is 1.67. The molecule has 2 aliphatic rings. The van der Waals surface area contributed by atoms with E-state index < -0.39 is 17.8 Å². The largest absolute Gasteiger partial charge is 0.444 e. The van der Waals surface area contributed by atoms with Crippen molar-refractivity contribution in [1.82, 2.24) is 19.4 Å². The predicted molar refractivity (Wildman–Crippen MR) is 137 cm³/mol. The molecule has 0 N–H and O–H groups in total. The first-order chi connectivity index (χ1) is 17.6. The first-order valence-electron chi connectivity index (χ1n) is 13.1. The summed E-state index contributed by atoms with van der Waals surface area (Å²) in [6.07, 6.45) is 5.67.